The molecule has 0 saturated heterocycles. The summed E-state index contributed by atoms with van der Waals surface area (Å²) in [4.78, 5) is 12.0. The minimum absolute atomic E-state index is 0.221. The number of amides is 2. The van der Waals surface area contributed by atoms with Gasteiger partial charge in [-0.25, -0.2) is 10.2 Å². The van der Waals surface area contributed by atoms with Gasteiger partial charge < -0.3 is 14.8 Å². The Kier molecular flexibility index (Phi) is 10.2. The van der Waals surface area contributed by atoms with Crippen LogP contribution in [0.3, 0.4) is 0 Å². The first-order valence-corrected chi connectivity index (χ1v) is 13.8. The zero-order valence-corrected chi connectivity index (χ0v) is 22.1. The SMILES string of the molecule is O=C(N/N=C\c1cc(Cl)c(OCCOc2ccc(C3CCCCC3)cc2)c(Cl)c1)NC1CCCCC1. The van der Waals surface area contributed by atoms with Gasteiger partial charge in [-0.05, 0) is 67.0 Å². The molecule has 4 rings (SSSR count). The second-order valence-corrected chi connectivity index (χ2v) is 10.4. The van der Waals surface area contributed by atoms with Crippen molar-refractivity contribution in [2.24, 2.45) is 5.10 Å². The van der Waals surface area contributed by atoms with E-state index in [1.165, 1.54) is 50.3 Å². The fraction of sp³-hybridized carbons (Fsp3) is 0.500. The van der Waals surface area contributed by atoms with Crippen LogP contribution in [0.5, 0.6) is 11.5 Å². The van der Waals surface area contributed by atoms with Crippen molar-refractivity contribution in [2.45, 2.75) is 76.2 Å². The molecule has 8 heteroatoms. The number of carbonyl (C=O) groups is 1. The molecule has 2 aromatic carbocycles. The minimum Gasteiger partial charge on any atom is -0.490 e. The number of hydrazone groups is 1. The number of urea groups is 1. The number of benzene rings is 2. The summed E-state index contributed by atoms with van der Waals surface area (Å²) in [5.74, 6) is 1.90. The van der Waals surface area contributed by atoms with Crippen LogP contribution in [0, 0.1) is 0 Å². The number of hydrogen-bond donors (Lipinski definition) is 2. The molecule has 0 atom stereocenters. The Morgan fingerprint density at radius 1 is 0.889 bits per heavy atom. The highest BCUT2D eigenvalue weighted by atomic mass is 35.5. The lowest BCUT2D eigenvalue weighted by Crippen LogP contribution is -2.41. The van der Waals surface area contributed by atoms with Crippen molar-refractivity contribution in [2.75, 3.05) is 13.2 Å². The van der Waals surface area contributed by atoms with Crippen molar-refractivity contribution in [1.82, 2.24) is 10.7 Å². The Morgan fingerprint density at radius 3 is 2.17 bits per heavy atom. The maximum atomic E-state index is 12.0. The summed E-state index contributed by atoms with van der Waals surface area (Å²) in [5, 5.41) is 7.68. The Morgan fingerprint density at radius 2 is 1.50 bits per heavy atom. The Balaban J connectivity index is 1.20. The zero-order chi connectivity index (χ0) is 25.2. The topological polar surface area (TPSA) is 72.0 Å². The molecule has 0 radical (unpaired) electrons. The normalized spacial score (nSPS) is 17.2. The van der Waals surface area contributed by atoms with Crippen LogP contribution in [0.15, 0.2) is 41.5 Å². The first-order chi connectivity index (χ1) is 17.6. The second-order valence-electron chi connectivity index (χ2n) is 9.59. The van der Waals surface area contributed by atoms with Gasteiger partial charge in [0.15, 0.2) is 5.75 Å². The summed E-state index contributed by atoms with van der Waals surface area (Å²) in [6.07, 6.45) is 13.7. The predicted octanol–water partition coefficient (Wildman–Crippen LogP) is 7.46. The number of rotatable bonds is 9. The fourth-order valence-corrected chi connectivity index (χ4v) is 5.61. The third-order valence-electron chi connectivity index (χ3n) is 6.90. The Labute approximate surface area is 223 Å². The predicted molar refractivity (Wildman–Crippen MR) is 146 cm³/mol. The first kappa shape index (κ1) is 26.6. The molecule has 2 saturated carbocycles. The lowest BCUT2D eigenvalue weighted by molar-refractivity contribution is 0.217. The van der Waals surface area contributed by atoms with Crippen LogP contribution in [0.4, 0.5) is 4.79 Å². The van der Waals surface area contributed by atoms with E-state index in [1.54, 1.807) is 12.1 Å². The Hall–Kier alpha value is -2.44. The quantitative estimate of drug-likeness (QED) is 0.200. The Bertz CT molecular complexity index is 994. The first-order valence-electron chi connectivity index (χ1n) is 13.0. The van der Waals surface area contributed by atoms with Gasteiger partial charge in [-0.1, -0.05) is 73.9 Å². The third-order valence-corrected chi connectivity index (χ3v) is 7.46. The van der Waals surface area contributed by atoms with Crippen LogP contribution in [0.2, 0.25) is 10.0 Å². The van der Waals surface area contributed by atoms with E-state index in [1.807, 2.05) is 12.1 Å². The minimum atomic E-state index is -0.307. The van der Waals surface area contributed by atoms with Crippen LogP contribution < -0.4 is 20.2 Å². The van der Waals surface area contributed by atoms with E-state index in [0.29, 0.717) is 40.5 Å². The van der Waals surface area contributed by atoms with Crippen molar-refractivity contribution in [1.29, 1.82) is 0 Å². The molecule has 0 heterocycles. The molecule has 6 nitrogen and oxygen atoms in total. The summed E-state index contributed by atoms with van der Waals surface area (Å²) < 4.78 is 11.6. The van der Waals surface area contributed by atoms with Gasteiger partial charge in [0, 0.05) is 6.04 Å². The van der Waals surface area contributed by atoms with Gasteiger partial charge in [-0.2, -0.15) is 5.10 Å². The fourth-order valence-electron chi connectivity index (χ4n) is 5.00. The van der Waals surface area contributed by atoms with E-state index >= 15 is 0 Å². The molecular weight excluding hydrogens is 497 g/mol. The molecule has 0 spiro atoms. The van der Waals surface area contributed by atoms with Crippen molar-refractivity contribution < 1.29 is 14.3 Å². The van der Waals surface area contributed by atoms with Gasteiger partial charge in [-0.15, -0.1) is 0 Å². The van der Waals surface area contributed by atoms with Crippen LogP contribution in [0.25, 0.3) is 0 Å². The van der Waals surface area contributed by atoms with Gasteiger partial charge >= 0.3 is 6.03 Å². The number of ether oxygens (including phenoxy) is 2. The summed E-state index contributed by atoms with van der Waals surface area (Å²) in [7, 11) is 0. The molecule has 36 heavy (non-hydrogen) atoms. The number of carbonyl (C=O) groups excluding carboxylic acids is 1. The lowest BCUT2D eigenvalue weighted by Gasteiger charge is -2.22. The van der Waals surface area contributed by atoms with E-state index in [0.717, 1.165) is 31.4 Å². The van der Waals surface area contributed by atoms with Crippen molar-refractivity contribution in [3.05, 3.63) is 57.6 Å². The molecule has 2 amide bonds. The number of nitrogens with zero attached hydrogens (tertiary/aromatic N) is 1. The smallest absolute Gasteiger partial charge is 0.335 e. The molecule has 2 aliphatic carbocycles. The molecule has 0 unspecified atom stereocenters. The molecule has 0 bridgehead atoms. The summed E-state index contributed by atoms with van der Waals surface area (Å²) in [6.45, 7) is 0.679. The van der Waals surface area contributed by atoms with E-state index in [-0.39, 0.29) is 12.1 Å². The molecular formula is C28H35Cl2N3O3. The number of nitrogens with one attached hydrogen (secondary N) is 2. The second kappa shape index (κ2) is 13.8. The van der Waals surface area contributed by atoms with Crippen LogP contribution in [-0.2, 0) is 0 Å². The molecule has 0 aliphatic heterocycles. The average Bonchev–Trinajstić information content (AvgIpc) is 2.89. The van der Waals surface area contributed by atoms with Crippen LogP contribution >= 0.6 is 23.2 Å². The average molecular weight is 533 g/mol. The van der Waals surface area contributed by atoms with Crippen molar-refractivity contribution in [3.8, 4) is 11.5 Å². The lowest BCUT2D eigenvalue weighted by atomic mass is 9.84. The molecule has 2 aromatic rings. The molecule has 2 N–H and O–H groups in total. The van der Waals surface area contributed by atoms with Crippen molar-refractivity contribution in [3.63, 3.8) is 0 Å². The van der Waals surface area contributed by atoms with Crippen LogP contribution in [0.1, 0.15) is 81.3 Å². The molecule has 2 fully saturated rings. The maximum Gasteiger partial charge on any atom is 0.335 e. The summed E-state index contributed by atoms with van der Waals surface area (Å²) in [6, 6.07) is 11.7. The summed E-state index contributed by atoms with van der Waals surface area (Å²) in [5.41, 5.74) is 4.56. The zero-order valence-electron chi connectivity index (χ0n) is 20.6. The third kappa shape index (κ3) is 8.04. The highest BCUT2D eigenvalue weighted by Gasteiger charge is 2.16. The van der Waals surface area contributed by atoms with Gasteiger partial charge in [0.25, 0.3) is 0 Å². The largest absolute Gasteiger partial charge is 0.490 e. The van der Waals surface area contributed by atoms with Crippen molar-refractivity contribution >= 4 is 35.4 Å². The summed E-state index contributed by atoms with van der Waals surface area (Å²) >= 11 is 12.8. The van der Waals surface area contributed by atoms with Gasteiger partial charge in [0.05, 0.1) is 16.3 Å². The maximum absolute atomic E-state index is 12.0. The van der Waals surface area contributed by atoms with E-state index in [2.05, 4.69) is 28.0 Å². The molecule has 2 aliphatic rings. The molecule has 194 valence electrons. The monoisotopic (exact) mass is 531 g/mol. The van der Waals surface area contributed by atoms with Gasteiger partial charge in [0.1, 0.15) is 19.0 Å². The number of halogens is 2. The highest BCUT2D eigenvalue weighted by Crippen LogP contribution is 2.34. The standard InChI is InChI=1S/C28H35Cl2N3O3/c29-25-17-20(19-31-33-28(34)32-23-9-5-2-6-10-23)18-26(30)27(25)36-16-15-35-24-13-11-22(12-14-24)21-7-3-1-4-8-21/h11-14,17-19,21,23H,1-10,15-16H2,(H2,32,33,34)/b31-19-. The number of hydrogen-bond acceptors (Lipinski definition) is 4. The van der Waals surface area contributed by atoms with Crippen LogP contribution in [-0.4, -0.2) is 31.5 Å². The van der Waals surface area contributed by atoms with Gasteiger partial charge in [0.2, 0.25) is 0 Å². The van der Waals surface area contributed by atoms with E-state index in [9.17, 15) is 4.79 Å². The van der Waals surface area contributed by atoms with E-state index in [4.69, 9.17) is 32.7 Å². The molecule has 0 aromatic heterocycles. The highest BCUT2D eigenvalue weighted by molar-refractivity contribution is 6.37. The van der Waals surface area contributed by atoms with E-state index < -0.39 is 0 Å². The van der Waals surface area contributed by atoms with Gasteiger partial charge in [-0.3, -0.25) is 0 Å².